The Morgan fingerprint density at radius 2 is 1.90 bits per heavy atom. The molecule has 0 N–H and O–H groups in total. The number of hydrogen-bond acceptors (Lipinski definition) is 5. The van der Waals surface area contributed by atoms with Gasteiger partial charge in [0.05, 0.1) is 0 Å². The van der Waals surface area contributed by atoms with E-state index >= 15 is 0 Å². The van der Waals surface area contributed by atoms with Gasteiger partial charge in [-0.15, -0.1) is 10.2 Å². The van der Waals surface area contributed by atoms with E-state index in [-0.39, 0.29) is 5.91 Å². The van der Waals surface area contributed by atoms with Crippen molar-refractivity contribution in [3.05, 3.63) is 9.47 Å². The molecule has 1 heterocycles. The summed E-state index contributed by atoms with van der Waals surface area (Å²) in [4.78, 5) is 16.6. The minimum absolute atomic E-state index is 0.0738. The number of aromatic nitrogens is 2. The van der Waals surface area contributed by atoms with Crippen LogP contribution in [-0.4, -0.2) is 58.6 Å². The normalized spacial score (nSPS) is 11.3. The lowest BCUT2D eigenvalue weighted by atomic mass is 10.2. The van der Waals surface area contributed by atoms with Crippen LogP contribution >= 0.6 is 22.9 Å². The summed E-state index contributed by atoms with van der Waals surface area (Å²) in [6.45, 7) is 12.7. The average Bonchev–Trinajstić information content (AvgIpc) is 2.84. The van der Waals surface area contributed by atoms with E-state index in [0.29, 0.717) is 21.9 Å². The number of carbonyl (C=O) groups excluding carboxylic acids is 1. The molecule has 0 fully saturated rings. The molecule has 5 nitrogen and oxygen atoms in total. The molecule has 1 aromatic rings. The number of likely N-dealkylation sites (N-methyl/N-ethyl adjacent to an activating group) is 1. The molecule has 0 unspecified atom stereocenters. The van der Waals surface area contributed by atoms with Crippen LogP contribution in [0.1, 0.15) is 37.5 Å². The predicted molar refractivity (Wildman–Crippen MR) is 83.4 cm³/mol. The molecule has 0 aliphatic carbocycles. The highest BCUT2D eigenvalue weighted by Crippen LogP contribution is 2.17. The van der Waals surface area contributed by atoms with Gasteiger partial charge in [-0.3, -0.25) is 4.79 Å². The Labute approximate surface area is 129 Å². The van der Waals surface area contributed by atoms with Crippen molar-refractivity contribution in [3.63, 3.8) is 0 Å². The van der Waals surface area contributed by atoms with Gasteiger partial charge in [-0.05, 0) is 30.6 Å². The monoisotopic (exact) mass is 318 g/mol. The Balaban J connectivity index is 2.70. The Morgan fingerprint density at radius 1 is 1.25 bits per heavy atom. The Morgan fingerprint density at radius 3 is 2.35 bits per heavy atom. The first kappa shape index (κ1) is 17.3. The van der Waals surface area contributed by atoms with Crippen LogP contribution in [-0.2, 0) is 0 Å². The van der Waals surface area contributed by atoms with E-state index in [9.17, 15) is 4.79 Å². The van der Waals surface area contributed by atoms with Gasteiger partial charge in [0.25, 0.3) is 5.91 Å². The highest BCUT2D eigenvalue weighted by atomic mass is 35.5. The van der Waals surface area contributed by atoms with Gasteiger partial charge in [0.2, 0.25) is 9.47 Å². The molecule has 0 aliphatic heterocycles. The van der Waals surface area contributed by atoms with E-state index in [1.54, 1.807) is 0 Å². The molecule has 114 valence electrons. The van der Waals surface area contributed by atoms with Crippen molar-refractivity contribution in [2.45, 2.75) is 27.7 Å². The summed E-state index contributed by atoms with van der Waals surface area (Å²) in [5, 5.41) is 7.92. The zero-order valence-corrected chi connectivity index (χ0v) is 14.2. The fourth-order valence-electron chi connectivity index (χ4n) is 1.95. The van der Waals surface area contributed by atoms with E-state index in [1.807, 2.05) is 4.90 Å². The van der Waals surface area contributed by atoms with Gasteiger partial charge in [-0.2, -0.15) is 0 Å². The molecule has 7 heteroatoms. The molecule has 0 radical (unpaired) electrons. The van der Waals surface area contributed by atoms with Crippen molar-refractivity contribution in [1.29, 1.82) is 0 Å². The summed E-state index contributed by atoms with van der Waals surface area (Å²) in [7, 11) is 0. The first-order valence-corrected chi connectivity index (χ1v) is 8.17. The molecule has 20 heavy (non-hydrogen) atoms. The third-order valence-electron chi connectivity index (χ3n) is 3.04. The number of rotatable bonds is 8. The number of halogens is 1. The second-order valence-corrected chi connectivity index (χ2v) is 6.59. The van der Waals surface area contributed by atoms with Crippen molar-refractivity contribution in [2.75, 3.05) is 32.7 Å². The third-order valence-corrected chi connectivity index (χ3v) is 4.04. The van der Waals surface area contributed by atoms with Gasteiger partial charge in [-0.1, -0.05) is 39.0 Å². The lowest BCUT2D eigenvalue weighted by molar-refractivity contribution is 0.0715. The minimum Gasteiger partial charge on any atom is -0.335 e. The maximum atomic E-state index is 12.4. The third kappa shape index (κ3) is 5.34. The second kappa shape index (κ2) is 8.54. The van der Waals surface area contributed by atoms with E-state index in [0.717, 1.165) is 37.5 Å². The Kier molecular flexibility index (Phi) is 7.40. The second-order valence-electron chi connectivity index (χ2n) is 5.03. The van der Waals surface area contributed by atoms with Gasteiger partial charge in [-0.25, -0.2) is 0 Å². The zero-order chi connectivity index (χ0) is 15.1. The summed E-state index contributed by atoms with van der Waals surface area (Å²) in [5.41, 5.74) is 0. The fourth-order valence-corrected chi connectivity index (χ4v) is 2.74. The SMILES string of the molecule is CCN(CC)CCN(CC(C)C)C(=O)c1nnc(Cl)s1. The number of carbonyl (C=O) groups is 1. The molecule has 0 aliphatic rings. The van der Waals surface area contributed by atoms with Gasteiger partial charge in [0.15, 0.2) is 0 Å². The smallest absolute Gasteiger partial charge is 0.284 e. The van der Waals surface area contributed by atoms with Gasteiger partial charge in [0, 0.05) is 19.6 Å². The number of hydrogen-bond donors (Lipinski definition) is 0. The van der Waals surface area contributed by atoms with Gasteiger partial charge < -0.3 is 9.80 Å². The van der Waals surface area contributed by atoms with Crippen molar-refractivity contribution in [1.82, 2.24) is 20.0 Å². The molecule has 1 rings (SSSR count). The average molecular weight is 319 g/mol. The predicted octanol–water partition coefficient (Wildman–Crippen LogP) is 2.63. The van der Waals surface area contributed by atoms with Crippen molar-refractivity contribution in [3.8, 4) is 0 Å². The van der Waals surface area contributed by atoms with E-state index < -0.39 is 0 Å². The fraction of sp³-hybridized carbons (Fsp3) is 0.769. The molecule has 0 aromatic carbocycles. The summed E-state index contributed by atoms with van der Waals surface area (Å²) < 4.78 is 0.307. The first-order valence-electron chi connectivity index (χ1n) is 6.98. The summed E-state index contributed by atoms with van der Waals surface area (Å²) in [6.07, 6.45) is 0. The summed E-state index contributed by atoms with van der Waals surface area (Å²) >= 11 is 6.89. The van der Waals surface area contributed by atoms with Crippen LogP contribution < -0.4 is 0 Å². The lowest BCUT2D eigenvalue weighted by Crippen LogP contribution is -2.40. The highest BCUT2D eigenvalue weighted by Gasteiger charge is 2.21. The number of amides is 1. The maximum Gasteiger partial charge on any atom is 0.284 e. The first-order chi connectivity index (χ1) is 9.47. The van der Waals surface area contributed by atoms with Crippen molar-refractivity contribution < 1.29 is 4.79 Å². The molecule has 1 aromatic heterocycles. The van der Waals surface area contributed by atoms with Gasteiger partial charge >= 0.3 is 0 Å². The molecule has 0 spiro atoms. The molecule has 0 saturated carbocycles. The van der Waals surface area contributed by atoms with Crippen LogP contribution in [0.4, 0.5) is 0 Å². The van der Waals surface area contributed by atoms with E-state index in [2.05, 4.69) is 42.8 Å². The highest BCUT2D eigenvalue weighted by molar-refractivity contribution is 7.17. The Hall–Kier alpha value is -0.720. The van der Waals surface area contributed by atoms with Crippen LogP contribution in [0.2, 0.25) is 4.47 Å². The van der Waals surface area contributed by atoms with Crippen LogP contribution in [0.5, 0.6) is 0 Å². The van der Waals surface area contributed by atoms with Crippen LogP contribution in [0.25, 0.3) is 0 Å². The molecular weight excluding hydrogens is 296 g/mol. The largest absolute Gasteiger partial charge is 0.335 e. The number of nitrogens with zero attached hydrogens (tertiary/aromatic N) is 4. The van der Waals surface area contributed by atoms with E-state index in [4.69, 9.17) is 11.6 Å². The van der Waals surface area contributed by atoms with Gasteiger partial charge in [0.1, 0.15) is 0 Å². The summed E-state index contributed by atoms with van der Waals surface area (Å²) in [6, 6.07) is 0. The molecule has 0 saturated heterocycles. The van der Waals surface area contributed by atoms with Crippen molar-refractivity contribution in [2.24, 2.45) is 5.92 Å². The van der Waals surface area contributed by atoms with Crippen LogP contribution in [0.15, 0.2) is 0 Å². The molecule has 0 atom stereocenters. The topological polar surface area (TPSA) is 49.3 Å². The van der Waals surface area contributed by atoms with E-state index in [1.165, 1.54) is 0 Å². The maximum absolute atomic E-state index is 12.4. The lowest BCUT2D eigenvalue weighted by Gasteiger charge is -2.27. The quantitative estimate of drug-likeness (QED) is 0.739. The van der Waals surface area contributed by atoms with Crippen LogP contribution in [0, 0.1) is 5.92 Å². The molecule has 0 bridgehead atoms. The molecule has 1 amide bonds. The zero-order valence-electron chi connectivity index (χ0n) is 12.6. The van der Waals surface area contributed by atoms with Crippen LogP contribution in [0.3, 0.4) is 0 Å². The standard InChI is InChI=1S/C13H23ClN4OS/c1-5-17(6-2)7-8-18(9-10(3)4)12(19)11-15-16-13(14)20-11/h10H,5-9H2,1-4H3. The minimum atomic E-state index is -0.0738. The Bertz CT molecular complexity index is 420. The van der Waals surface area contributed by atoms with Crippen molar-refractivity contribution >= 4 is 28.8 Å². The molecular formula is C13H23ClN4OS. The summed E-state index contributed by atoms with van der Waals surface area (Å²) in [5.74, 6) is 0.342.